The average Bonchev–Trinajstić information content (AvgIpc) is 1.27. The van der Waals surface area contributed by atoms with Gasteiger partial charge in [0.1, 0.15) is 19.3 Å². The van der Waals surface area contributed by atoms with Crippen LogP contribution < -0.4 is 0 Å². The molecular formula is C77H150O17P2. The number of phosphoric acid groups is 2. The van der Waals surface area contributed by atoms with Crippen LogP contribution in [0.1, 0.15) is 401 Å². The monoisotopic (exact) mass is 1410 g/mol. The highest BCUT2D eigenvalue weighted by Gasteiger charge is 2.30. The molecule has 0 aliphatic carbocycles. The minimum Gasteiger partial charge on any atom is -0.462 e. The number of esters is 4. The number of ether oxygens (including phenoxy) is 4. The van der Waals surface area contributed by atoms with Gasteiger partial charge in [-0.25, -0.2) is 9.13 Å². The number of unbranched alkanes of at least 4 members (excludes halogenated alkanes) is 46. The summed E-state index contributed by atoms with van der Waals surface area (Å²) in [5, 5.41) is 10.6. The third-order valence-corrected chi connectivity index (χ3v) is 19.9. The third-order valence-electron chi connectivity index (χ3n) is 18.0. The molecule has 0 radical (unpaired) electrons. The molecule has 0 rings (SSSR count). The van der Waals surface area contributed by atoms with Gasteiger partial charge in [-0.05, 0) is 37.5 Å². The van der Waals surface area contributed by atoms with Crippen LogP contribution in [-0.4, -0.2) is 96.7 Å². The van der Waals surface area contributed by atoms with Gasteiger partial charge in [0.15, 0.2) is 12.2 Å². The molecule has 0 saturated heterocycles. The maximum atomic E-state index is 13.1. The van der Waals surface area contributed by atoms with Gasteiger partial charge in [0.25, 0.3) is 0 Å². The van der Waals surface area contributed by atoms with E-state index in [0.29, 0.717) is 25.7 Å². The summed E-state index contributed by atoms with van der Waals surface area (Å²) in [5.74, 6) is -0.598. The minimum absolute atomic E-state index is 0.106. The van der Waals surface area contributed by atoms with E-state index in [1.165, 1.54) is 205 Å². The van der Waals surface area contributed by atoms with Crippen LogP contribution in [0.2, 0.25) is 0 Å². The third kappa shape index (κ3) is 70.5. The van der Waals surface area contributed by atoms with Crippen LogP contribution in [0.4, 0.5) is 0 Å². The summed E-state index contributed by atoms with van der Waals surface area (Å²) in [4.78, 5) is 72.7. The Bertz CT molecular complexity index is 1860. The highest BCUT2D eigenvalue weighted by molar-refractivity contribution is 7.47. The second kappa shape index (κ2) is 68.8. The molecule has 17 nitrogen and oxygen atoms in total. The molecule has 3 N–H and O–H groups in total. The molecule has 0 aromatic heterocycles. The Morgan fingerprint density at radius 3 is 0.708 bits per heavy atom. The van der Waals surface area contributed by atoms with Crippen LogP contribution in [0.3, 0.4) is 0 Å². The van der Waals surface area contributed by atoms with Crippen LogP contribution in [0.5, 0.6) is 0 Å². The van der Waals surface area contributed by atoms with Crippen molar-refractivity contribution in [2.24, 2.45) is 11.8 Å². The molecule has 19 heteroatoms. The number of carbonyl (C=O) groups is 4. The molecular weight excluding hydrogens is 1260 g/mol. The van der Waals surface area contributed by atoms with Crippen molar-refractivity contribution >= 4 is 39.5 Å². The van der Waals surface area contributed by atoms with Gasteiger partial charge in [0, 0.05) is 25.7 Å². The molecule has 0 spiro atoms. The lowest BCUT2D eigenvalue weighted by atomic mass is 10.0. The van der Waals surface area contributed by atoms with E-state index in [1.54, 1.807) is 0 Å². The van der Waals surface area contributed by atoms with Crippen LogP contribution in [0.25, 0.3) is 0 Å². The zero-order valence-electron chi connectivity index (χ0n) is 62.7. The molecule has 0 bridgehead atoms. The number of carbonyl (C=O) groups excluding carboxylic acids is 4. The lowest BCUT2D eigenvalue weighted by molar-refractivity contribution is -0.161. The Labute approximate surface area is 588 Å². The maximum absolute atomic E-state index is 13.1. The van der Waals surface area contributed by atoms with Gasteiger partial charge in [-0.15, -0.1) is 0 Å². The van der Waals surface area contributed by atoms with Gasteiger partial charge in [-0.2, -0.15) is 0 Å². The first-order valence-electron chi connectivity index (χ1n) is 40.0. The summed E-state index contributed by atoms with van der Waals surface area (Å²) in [7, 11) is -9.91. The molecule has 570 valence electrons. The lowest BCUT2D eigenvalue weighted by Gasteiger charge is -2.21. The van der Waals surface area contributed by atoms with Gasteiger partial charge in [0.2, 0.25) is 0 Å². The Morgan fingerprint density at radius 2 is 0.479 bits per heavy atom. The summed E-state index contributed by atoms with van der Waals surface area (Å²) >= 11 is 0. The zero-order valence-corrected chi connectivity index (χ0v) is 64.5. The molecule has 0 aliphatic rings. The summed E-state index contributed by atoms with van der Waals surface area (Å²) in [6.07, 6.45) is 57.2. The maximum Gasteiger partial charge on any atom is 0.472 e. The largest absolute Gasteiger partial charge is 0.472 e. The molecule has 0 aliphatic heterocycles. The second-order valence-electron chi connectivity index (χ2n) is 28.7. The van der Waals surface area contributed by atoms with Gasteiger partial charge >= 0.3 is 39.5 Å². The summed E-state index contributed by atoms with van der Waals surface area (Å²) < 4.78 is 68.4. The number of hydrogen-bond acceptors (Lipinski definition) is 15. The second-order valence-corrected chi connectivity index (χ2v) is 31.6. The standard InChI is InChI=1S/C77H150O17P2/c1-7-9-11-13-15-16-17-18-19-20-21-22-23-24-25-26-27-30-37-43-49-55-61-76(81)94-73(66-88-75(80)60-54-48-42-36-31-28-29-34-40-45-51-57-69(3)4)68-92-96(85,86)90-64-71(78)63-89-95(83,84)91-67-72(65-87-74(79)59-53-47-39-14-12-10-8-2)93-77(82)62-56-50-44-38-33-32-35-41-46-52-58-70(5)6/h69-73,78H,7-68H2,1-6H3,(H,83,84)(H,85,86)/t71-,72+,73+/m0/s1. The Kier molecular flexibility index (Phi) is 67.4. The SMILES string of the molecule is CCCCCCCCCCCCCCCCCCCCCCCCC(=O)O[C@H](COC(=O)CCCCCCCCCCCCCC(C)C)COP(=O)(O)OC[C@@H](O)COP(=O)(O)OC[C@@H](COC(=O)CCCCCCCCC)OC(=O)CCCCCCCCCCCCC(C)C. The first-order valence-corrected chi connectivity index (χ1v) is 43.0. The summed E-state index contributed by atoms with van der Waals surface area (Å²) in [6.45, 7) is 9.55. The Morgan fingerprint density at radius 1 is 0.281 bits per heavy atom. The molecule has 5 atom stereocenters. The van der Waals surface area contributed by atoms with Crippen molar-refractivity contribution in [1.82, 2.24) is 0 Å². The van der Waals surface area contributed by atoms with E-state index >= 15 is 0 Å². The van der Waals surface area contributed by atoms with Crippen molar-refractivity contribution in [2.75, 3.05) is 39.6 Å². The molecule has 2 unspecified atom stereocenters. The fourth-order valence-electron chi connectivity index (χ4n) is 11.8. The number of rotatable bonds is 76. The van der Waals surface area contributed by atoms with Gasteiger partial charge in [-0.3, -0.25) is 37.3 Å². The number of aliphatic hydroxyl groups excluding tert-OH is 1. The van der Waals surface area contributed by atoms with E-state index in [1.807, 2.05) is 0 Å². The first-order chi connectivity index (χ1) is 46.4. The van der Waals surface area contributed by atoms with E-state index in [0.717, 1.165) is 115 Å². The van der Waals surface area contributed by atoms with E-state index in [2.05, 4.69) is 41.5 Å². The molecule has 0 heterocycles. The molecule has 96 heavy (non-hydrogen) atoms. The minimum atomic E-state index is -4.96. The van der Waals surface area contributed by atoms with Crippen LogP contribution >= 0.6 is 15.6 Å². The van der Waals surface area contributed by atoms with Crippen molar-refractivity contribution in [3.8, 4) is 0 Å². The van der Waals surface area contributed by atoms with Crippen LogP contribution in [0.15, 0.2) is 0 Å². The predicted octanol–water partition coefficient (Wildman–Crippen LogP) is 22.7. The zero-order chi connectivity index (χ0) is 70.7. The lowest BCUT2D eigenvalue weighted by Crippen LogP contribution is -2.30. The number of aliphatic hydroxyl groups is 1. The fourth-order valence-corrected chi connectivity index (χ4v) is 13.4. The van der Waals surface area contributed by atoms with Crippen molar-refractivity contribution < 1.29 is 80.2 Å². The van der Waals surface area contributed by atoms with Crippen molar-refractivity contribution in [2.45, 2.75) is 419 Å². The highest BCUT2D eigenvalue weighted by Crippen LogP contribution is 2.45. The van der Waals surface area contributed by atoms with Gasteiger partial charge in [-0.1, -0.05) is 350 Å². The van der Waals surface area contributed by atoms with E-state index < -0.39 is 97.5 Å². The summed E-state index contributed by atoms with van der Waals surface area (Å²) in [6, 6.07) is 0. The predicted molar refractivity (Wildman–Crippen MR) is 391 cm³/mol. The normalized spacial score (nSPS) is 14.0. The quantitative estimate of drug-likeness (QED) is 0.0222. The van der Waals surface area contributed by atoms with Gasteiger partial charge < -0.3 is 33.8 Å². The summed E-state index contributed by atoms with van der Waals surface area (Å²) in [5.41, 5.74) is 0. The van der Waals surface area contributed by atoms with Crippen molar-refractivity contribution in [3.05, 3.63) is 0 Å². The first kappa shape index (κ1) is 94.1. The Hall–Kier alpha value is -1.94. The van der Waals surface area contributed by atoms with E-state index in [4.69, 9.17) is 37.0 Å². The molecule has 0 aromatic rings. The van der Waals surface area contributed by atoms with Gasteiger partial charge in [0.05, 0.1) is 26.4 Å². The molecule has 0 amide bonds. The number of phosphoric ester groups is 2. The topological polar surface area (TPSA) is 237 Å². The average molecular weight is 1410 g/mol. The fraction of sp³-hybridized carbons (Fsp3) is 0.948. The molecule has 0 aromatic carbocycles. The van der Waals surface area contributed by atoms with Crippen molar-refractivity contribution in [3.63, 3.8) is 0 Å². The van der Waals surface area contributed by atoms with E-state index in [-0.39, 0.29) is 25.7 Å². The highest BCUT2D eigenvalue weighted by atomic mass is 31.2. The van der Waals surface area contributed by atoms with Crippen LogP contribution in [0, 0.1) is 11.8 Å². The smallest absolute Gasteiger partial charge is 0.462 e. The van der Waals surface area contributed by atoms with Crippen molar-refractivity contribution in [1.29, 1.82) is 0 Å². The molecule has 0 fully saturated rings. The van der Waals surface area contributed by atoms with Crippen LogP contribution in [-0.2, 0) is 65.4 Å². The molecule has 0 saturated carbocycles. The Balaban J connectivity index is 5.15. The number of hydrogen-bond donors (Lipinski definition) is 3. The van der Waals surface area contributed by atoms with E-state index in [9.17, 15) is 43.2 Å².